The number of nitrogens with one attached hydrogen (secondary N) is 1. The van der Waals surface area contributed by atoms with Gasteiger partial charge in [0, 0.05) is 18.8 Å². The van der Waals surface area contributed by atoms with Crippen molar-refractivity contribution in [2.45, 2.75) is 46.5 Å². The summed E-state index contributed by atoms with van der Waals surface area (Å²) in [5.74, 6) is -0.317. The van der Waals surface area contributed by atoms with Gasteiger partial charge in [0.1, 0.15) is 0 Å². The number of amides is 2. The van der Waals surface area contributed by atoms with Crippen LogP contribution in [0.1, 0.15) is 56.8 Å². The van der Waals surface area contributed by atoms with Gasteiger partial charge in [-0.2, -0.15) is 0 Å². The van der Waals surface area contributed by atoms with Gasteiger partial charge in [-0.25, -0.2) is 9.59 Å². The van der Waals surface area contributed by atoms with E-state index in [0.29, 0.717) is 30.9 Å². The second-order valence-corrected chi connectivity index (χ2v) is 5.38. The summed E-state index contributed by atoms with van der Waals surface area (Å²) >= 11 is 0. The molecule has 0 aliphatic carbocycles. The molecule has 2 amide bonds. The number of carbonyl (C=O) groups is 2. The number of unbranched alkanes of at least 4 members (excludes halogenated alkanes) is 3. The van der Waals surface area contributed by atoms with Crippen LogP contribution in [0.15, 0.2) is 24.3 Å². The van der Waals surface area contributed by atoms with Crippen LogP contribution >= 0.6 is 0 Å². The molecule has 5 nitrogen and oxygen atoms in total. The molecule has 23 heavy (non-hydrogen) atoms. The summed E-state index contributed by atoms with van der Waals surface area (Å²) in [7, 11) is 0. The van der Waals surface area contributed by atoms with E-state index in [2.05, 4.69) is 12.2 Å². The lowest BCUT2D eigenvalue weighted by atomic mass is 10.2. The first-order valence-corrected chi connectivity index (χ1v) is 8.45. The number of hydrogen-bond acceptors (Lipinski definition) is 3. The number of benzene rings is 1. The highest BCUT2D eigenvalue weighted by molar-refractivity contribution is 5.92. The monoisotopic (exact) mass is 320 g/mol. The maximum Gasteiger partial charge on any atom is 0.338 e. The molecule has 1 rings (SSSR count). The van der Waals surface area contributed by atoms with Crippen molar-refractivity contribution in [3.05, 3.63) is 29.8 Å². The number of carbonyl (C=O) groups excluding carboxylic acids is 2. The molecule has 0 radical (unpaired) electrons. The average Bonchev–Trinajstić information content (AvgIpc) is 2.56. The van der Waals surface area contributed by atoms with Crippen LogP contribution in [0, 0.1) is 0 Å². The quantitative estimate of drug-likeness (QED) is 0.545. The zero-order chi connectivity index (χ0) is 17.1. The summed E-state index contributed by atoms with van der Waals surface area (Å²) in [6.45, 7) is 7.78. The maximum atomic E-state index is 11.9. The molecule has 1 aromatic rings. The molecule has 1 N–H and O–H groups in total. The van der Waals surface area contributed by atoms with Gasteiger partial charge in [-0.15, -0.1) is 0 Å². The predicted octanol–water partition coefficient (Wildman–Crippen LogP) is 4.30. The zero-order valence-electron chi connectivity index (χ0n) is 14.4. The van der Waals surface area contributed by atoms with E-state index in [0.717, 1.165) is 19.3 Å². The number of anilines is 1. The third-order valence-corrected chi connectivity index (χ3v) is 3.65. The first-order valence-electron chi connectivity index (χ1n) is 8.45. The molecule has 0 atom stereocenters. The Kier molecular flexibility index (Phi) is 8.80. The van der Waals surface area contributed by atoms with Crippen LogP contribution in [0.3, 0.4) is 0 Å². The van der Waals surface area contributed by atoms with E-state index < -0.39 is 0 Å². The molecule has 0 aromatic heterocycles. The lowest BCUT2D eigenvalue weighted by molar-refractivity contribution is 0.0498. The Morgan fingerprint density at radius 3 is 2.22 bits per heavy atom. The van der Waals surface area contributed by atoms with Crippen molar-refractivity contribution in [1.82, 2.24) is 4.90 Å². The number of ether oxygens (including phenoxy) is 1. The largest absolute Gasteiger partial charge is 0.462 e. The SMILES string of the molecule is CCCCCCOC(=O)c1ccc(NC(=O)N(CC)CC)cc1. The molecular formula is C18H28N2O3. The topological polar surface area (TPSA) is 58.6 Å². The summed E-state index contributed by atoms with van der Waals surface area (Å²) in [5.41, 5.74) is 1.17. The zero-order valence-corrected chi connectivity index (χ0v) is 14.4. The summed E-state index contributed by atoms with van der Waals surface area (Å²) < 4.78 is 5.23. The van der Waals surface area contributed by atoms with E-state index in [1.165, 1.54) is 6.42 Å². The molecule has 0 spiro atoms. The van der Waals surface area contributed by atoms with Crippen LogP contribution in [0.2, 0.25) is 0 Å². The van der Waals surface area contributed by atoms with E-state index in [4.69, 9.17) is 4.74 Å². The second-order valence-electron chi connectivity index (χ2n) is 5.38. The van der Waals surface area contributed by atoms with Crippen molar-refractivity contribution in [2.24, 2.45) is 0 Å². The number of rotatable bonds is 9. The molecule has 0 fully saturated rings. The average molecular weight is 320 g/mol. The van der Waals surface area contributed by atoms with E-state index in [1.807, 2.05) is 13.8 Å². The molecule has 0 saturated carbocycles. The highest BCUT2D eigenvalue weighted by atomic mass is 16.5. The standard InChI is InChI=1S/C18H28N2O3/c1-4-7-8-9-14-23-17(21)15-10-12-16(13-11-15)19-18(22)20(5-2)6-3/h10-13H,4-9,14H2,1-3H3,(H,19,22). The molecule has 0 aliphatic heterocycles. The van der Waals surface area contributed by atoms with Crippen molar-refractivity contribution >= 4 is 17.7 Å². The van der Waals surface area contributed by atoms with Gasteiger partial charge in [0.05, 0.1) is 12.2 Å². The first kappa shape index (κ1) is 19.0. The van der Waals surface area contributed by atoms with Gasteiger partial charge < -0.3 is 15.0 Å². The Morgan fingerprint density at radius 1 is 1.00 bits per heavy atom. The minimum absolute atomic E-state index is 0.138. The highest BCUT2D eigenvalue weighted by Gasteiger charge is 2.10. The van der Waals surface area contributed by atoms with Gasteiger partial charge in [0.25, 0.3) is 0 Å². The molecule has 0 unspecified atom stereocenters. The molecule has 128 valence electrons. The van der Waals surface area contributed by atoms with Crippen LogP contribution in [0.25, 0.3) is 0 Å². The van der Waals surface area contributed by atoms with Crippen molar-refractivity contribution in [2.75, 3.05) is 25.0 Å². The number of esters is 1. The summed E-state index contributed by atoms with van der Waals surface area (Å²) in [4.78, 5) is 25.5. The highest BCUT2D eigenvalue weighted by Crippen LogP contribution is 2.12. The van der Waals surface area contributed by atoms with E-state index in [-0.39, 0.29) is 12.0 Å². The second kappa shape index (κ2) is 10.6. The molecule has 0 heterocycles. The number of urea groups is 1. The number of nitrogens with zero attached hydrogens (tertiary/aromatic N) is 1. The Hall–Kier alpha value is -2.04. The number of hydrogen-bond donors (Lipinski definition) is 1. The van der Waals surface area contributed by atoms with E-state index in [9.17, 15) is 9.59 Å². The Bertz CT molecular complexity index is 482. The Morgan fingerprint density at radius 2 is 1.65 bits per heavy atom. The molecular weight excluding hydrogens is 292 g/mol. The van der Waals surface area contributed by atoms with Crippen LogP contribution in [-0.2, 0) is 4.74 Å². The van der Waals surface area contributed by atoms with Gasteiger partial charge in [0.15, 0.2) is 0 Å². The van der Waals surface area contributed by atoms with Gasteiger partial charge >= 0.3 is 12.0 Å². The lowest BCUT2D eigenvalue weighted by Crippen LogP contribution is -2.34. The summed E-state index contributed by atoms with van der Waals surface area (Å²) in [6.07, 6.45) is 4.31. The van der Waals surface area contributed by atoms with Crippen LogP contribution in [-0.4, -0.2) is 36.6 Å². The Labute approximate surface area is 139 Å². The molecule has 1 aromatic carbocycles. The van der Waals surface area contributed by atoms with Crippen molar-refractivity contribution in [3.63, 3.8) is 0 Å². The summed E-state index contributed by atoms with van der Waals surface area (Å²) in [6, 6.07) is 6.64. The van der Waals surface area contributed by atoms with Gasteiger partial charge in [-0.05, 0) is 44.5 Å². The minimum Gasteiger partial charge on any atom is -0.462 e. The predicted molar refractivity (Wildman–Crippen MR) is 92.8 cm³/mol. The van der Waals surface area contributed by atoms with Crippen molar-refractivity contribution in [3.8, 4) is 0 Å². The van der Waals surface area contributed by atoms with Gasteiger partial charge in [-0.3, -0.25) is 0 Å². The van der Waals surface area contributed by atoms with E-state index in [1.54, 1.807) is 29.2 Å². The van der Waals surface area contributed by atoms with Crippen LogP contribution in [0.4, 0.5) is 10.5 Å². The third-order valence-electron chi connectivity index (χ3n) is 3.65. The molecule has 0 bridgehead atoms. The fraction of sp³-hybridized carbons (Fsp3) is 0.556. The normalized spacial score (nSPS) is 10.2. The fourth-order valence-corrected chi connectivity index (χ4v) is 2.18. The van der Waals surface area contributed by atoms with Crippen molar-refractivity contribution < 1.29 is 14.3 Å². The maximum absolute atomic E-state index is 11.9. The van der Waals surface area contributed by atoms with Crippen molar-refractivity contribution in [1.29, 1.82) is 0 Å². The molecule has 0 aliphatic rings. The lowest BCUT2D eigenvalue weighted by Gasteiger charge is -2.19. The summed E-state index contributed by atoms with van der Waals surface area (Å²) in [5, 5.41) is 2.81. The van der Waals surface area contributed by atoms with Gasteiger partial charge in [0.2, 0.25) is 0 Å². The minimum atomic E-state index is -0.317. The van der Waals surface area contributed by atoms with Crippen LogP contribution < -0.4 is 5.32 Å². The third kappa shape index (κ3) is 6.72. The smallest absolute Gasteiger partial charge is 0.338 e. The molecule has 0 saturated heterocycles. The van der Waals surface area contributed by atoms with Gasteiger partial charge in [-0.1, -0.05) is 26.2 Å². The van der Waals surface area contributed by atoms with Crippen LogP contribution in [0.5, 0.6) is 0 Å². The Balaban J connectivity index is 2.46. The molecule has 5 heteroatoms. The first-order chi connectivity index (χ1) is 11.1. The fourth-order valence-electron chi connectivity index (χ4n) is 2.18. The van der Waals surface area contributed by atoms with E-state index >= 15 is 0 Å².